The maximum atomic E-state index is 10.5. The van der Waals surface area contributed by atoms with Crippen molar-refractivity contribution in [2.45, 2.75) is 4.90 Å². The summed E-state index contributed by atoms with van der Waals surface area (Å²) in [5.41, 5.74) is 0. The van der Waals surface area contributed by atoms with E-state index in [1.807, 2.05) is 0 Å². The predicted octanol–water partition coefficient (Wildman–Crippen LogP) is -0.248. The summed E-state index contributed by atoms with van der Waals surface area (Å²) in [4.78, 5) is 0.105. The Morgan fingerprint density at radius 2 is 2.18 bits per heavy atom. The van der Waals surface area contributed by atoms with Gasteiger partial charge in [0.25, 0.3) is 0 Å². The third-order valence-corrected chi connectivity index (χ3v) is 3.61. The molecule has 0 aliphatic rings. The summed E-state index contributed by atoms with van der Waals surface area (Å²) in [5.74, 6) is 0. The number of hydrogen-bond acceptors (Lipinski definition) is 2. The van der Waals surface area contributed by atoms with Crippen LogP contribution in [0, 0.1) is 0 Å². The SMILES string of the molecule is O=S(O)c1c(Cl)csc1Cl.[H-].[Na+]. The van der Waals surface area contributed by atoms with Crippen molar-refractivity contribution in [1.82, 2.24) is 0 Å². The molecule has 1 atom stereocenters. The van der Waals surface area contributed by atoms with Crippen molar-refractivity contribution >= 4 is 45.6 Å². The minimum atomic E-state index is -2.07. The first-order valence-corrected chi connectivity index (χ1v) is 4.90. The fourth-order valence-electron chi connectivity index (χ4n) is 0.456. The van der Waals surface area contributed by atoms with Gasteiger partial charge in [-0.25, -0.2) is 4.21 Å². The fourth-order valence-corrected chi connectivity index (χ4v) is 2.76. The number of halogens is 2. The van der Waals surface area contributed by atoms with E-state index in [0.717, 1.165) is 11.3 Å². The van der Waals surface area contributed by atoms with Crippen LogP contribution in [0.25, 0.3) is 0 Å². The minimum absolute atomic E-state index is 0. The van der Waals surface area contributed by atoms with E-state index >= 15 is 0 Å². The van der Waals surface area contributed by atoms with Crippen molar-refractivity contribution in [2.75, 3.05) is 0 Å². The van der Waals surface area contributed by atoms with Crippen molar-refractivity contribution in [3.05, 3.63) is 14.7 Å². The quantitative estimate of drug-likeness (QED) is 0.544. The van der Waals surface area contributed by atoms with E-state index in [0.29, 0.717) is 0 Å². The van der Waals surface area contributed by atoms with Gasteiger partial charge in [-0.3, -0.25) is 0 Å². The summed E-state index contributed by atoms with van der Waals surface area (Å²) in [6, 6.07) is 0. The third-order valence-electron chi connectivity index (χ3n) is 0.836. The summed E-state index contributed by atoms with van der Waals surface area (Å²) in [7, 11) is 0. The van der Waals surface area contributed by atoms with Crippen LogP contribution < -0.4 is 29.6 Å². The van der Waals surface area contributed by atoms with Crippen LogP contribution in [0.5, 0.6) is 0 Å². The Labute approximate surface area is 104 Å². The number of thiophene rings is 1. The van der Waals surface area contributed by atoms with E-state index in [1.54, 1.807) is 0 Å². The molecule has 1 heterocycles. The molecule has 0 fully saturated rings. The zero-order chi connectivity index (χ0) is 7.72. The van der Waals surface area contributed by atoms with Crippen molar-refractivity contribution in [3.8, 4) is 0 Å². The molecule has 7 heteroatoms. The van der Waals surface area contributed by atoms with Crippen molar-refractivity contribution in [1.29, 1.82) is 0 Å². The molecule has 1 rings (SSSR count). The van der Waals surface area contributed by atoms with E-state index in [1.165, 1.54) is 5.38 Å². The maximum Gasteiger partial charge on any atom is 1.00 e. The minimum Gasteiger partial charge on any atom is -1.00 e. The summed E-state index contributed by atoms with van der Waals surface area (Å²) < 4.78 is 19.3. The van der Waals surface area contributed by atoms with Crippen LogP contribution in [0.15, 0.2) is 10.3 Å². The zero-order valence-electron chi connectivity index (χ0n) is 6.51. The van der Waals surface area contributed by atoms with Crippen molar-refractivity contribution in [2.24, 2.45) is 0 Å². The Bertz CT molecular complexity index is 261. The second-order valence-corrected chi connectivity index (χ2v) is 4.23. The van der Waals surface area contributed by atoms with Gasteiger partial charge in [-0.15, -0.1) is 11.3 Å². The molecule has 0 amide bonds. The molecule has 0 aliphatic carbocycles. The van der Waals surface area contributed by atoms with Gasteiger partial charge in [-0.2, -0.15) is 0 Å². The summed E-state index contributed by atoms with van der Waals surface area (Å²) in [5, 5.41) is 1.77. The van der Waals surface area contributed by atoms with Crippen LogP contribution in [-0.2, 0) is 11.1 Å². The first kappa shape index (κ1) is 12.4. The van der Waals surface area contributed by atoms with Gasteiger partial charge in [-0.05, 0) is 0 Å². The van der Waals surface area contributed by atoms with Crippen LogP contribution in [0.2, 0.25) is 9.36 Å². The predicted molar refractivity (Wildman–Crippen MR) is 44.5 cm³/mol. The molecule has 0 radical (unpaired) electrons. The molecule has 58 valence electrons. The topological polar surface area (TPSA) is 37.3 Å². The Hall–Kier alpha value is 1.39. The van der Waals surface area contributed by atoms with Crippen LogP contribution in [0.1, 0.15) is 1.43 Å². The molecule has 11 heavy (non-hydrogen) atoms. The van der Waals surface area contributed by atoms with Crippen molar-refractivity contribution < 1.29 is 39.7 Å². The molecule has 0 aromatic carbocycles. The van der Waals surface area contributed by atoms with Gasteiger partial charge in [0.05, 0.1) is 5.02 Å². The molecule has 0 saturated heterocycles. The molecular weight excluding hydrogens is 238 g/mol. The second-order valence-electron chi connectivity index (χ2n) is 1.44. The van der Waals surface area contributed by atoms with Gasteiger partial charge < -0.3 is 5.98 Å². The molecule has 0 bridgehead atoms. The van der Waals surface area contributed by atoms with E-state index in [2.05, 4.69) is 0 Å². The van der Waals surface area contributed by atoms with Crippen LogP contribution in [0.3, 0.4) is 0 Å². The Balaban J connectivity index is 0. The first-order chi connectivity index (χ1) is 4.63. The smallest absolute Gasteiger partial charge is 1.00 e. The van der Waals surface area contributed by atoms with E-state index in [4.69, 9.17) is 27.8 Å². The Kier molecular flexibility index (Phi) is 5.85. The number of hydrogen-bond donors (Lipinski definition) is 1. The average Bonchev–Trinajstić information content (AvgIpc) is 2.11. The molecule has 0 aliphatic heterocycles. The van der Waals surface area contributed by atoms with Gasteiger partial charge in [0.1, 0.15) is 9.23 Å². The second kappa shape index (κ2) is 5.19. The molecule has 0 spiro atoms. The zero-order valence-corrected chi connectivity index (χ0v) is 10.7. The first-order valence-electron chi connectivity index (χ1n) is 2.16. The van der Waals surface area contributed by atoms with Gasteiger partial charge in [0, 0.05) is 5.38 Å². The van der Waals surface area contributed by atoms with Gasteiger partial charge >= 0.3 is 29.6 Å². The molecule has 1 aromatic heterocycles. The molecule has 2 nitrogen and oxygen atoms in total. The van der Waals surface area contributed by atoms with E-state index < -0.39 is 11.1 Å². The molecule has 1 aromatic rings. The van der Waals surface area contributed by atoms with Crippen LogP contribution >= 0.6 is 34.5 Å². The standard InChI is InChI=1S/C4H2Cl2O2S2.Na.H/c5-2-1-9-4(6)3(2)10(7)8;;/h1H,(H,7,8);;/q;+1;-1. The van der Waals surface area contributed by atoms with Gasteiger partial charge in [-0.1, -0.05) is 23.2 Å². The molecule has 0 saturated carbocycles. The van der Waals surface area contributed by atoms with Gasteiger partial charge in [0.15, 0.2) is 11.1 Å². The van der Waals surface area contributed by atoms with Crippen LogP contribution in [-0.4, -0.2) is 8.76 Å². The van der Waals surface area contributed by atoms with E-state index in [-0.39, 0.29) is 45.2 Å². The summed E-state index contributed by atoms with van der Waals surface area (Å²) in [6.07, 6.45) is 0. The third kappa shape index (κ3) is 2.97. The average molecular weight is 241 g/mol. The molecule has 1 unspecified atom stereocenters. The molecular formula is C4H3Cl2NaO2S2. The monoisotopic (exact) mass is 240 g/mol. The number of rotatable bonds is 1. The summed E-state index contributed by atoms with van der Waals surface area (Å²) >= 11 is 10.1. The molecule has 1 N–H and O–H groups in total. The Morgan fingerprint density at radius 3 is 2.36 bits per heavy atom. The van der Waals surface area contributed by atoms with E-state index in [9.17, 15) is 4.21 Å². The summed E-state index contributed by atoms with van der Waals surface area (Å²) in [6.45, 7) is 0. The van der Waals surface area contributed by atoms with Crippen LogP contribution in [0.4, 0.5) is 0 Å². The largest absolute Gasteiger partial charge is 1.00 e. The maximum absolute atomic E-state index is 10.5. The normalized spacial score (nSPS) is 12.3. The van der Waals surface area contributed by atoms with Gasteiger partial charge in [0.2, 0.25) is 0 Å². The van der Waals surface area contributed by atoms with Crippen molar-refractivity contribution in [3.63, 3.8) is 0 Å². The fraction of sp³-hybridized carbons (Fsp3) is 0. The Morgan fingerprint density at radius 1 is 1.64 bits per heavy atom.